The standard InChI is InChI=1S/C17H36/c1-5-7-8-9-10-14-17(4)15-12-11-13-16(3)6-2/h16-17H,5-15H2,1-4H3. The molecule has 0 amide bonds. The summed E-state index contributed by atoms with van der Waals surface area (Å²) in [7, 11) is 0. The summed E-state index contributed by atoms with van der Waals surface area (Å²) in [5, 5.41) is 0. The van der Waals surface area contributed by atoms with Crippen LogP contribution in [0.2, 0.25) is 0 Å². The van der Waals surface area contributed by atoms with Crippen LogP contribution in [0.3, 0.4) is 0 Å². The molecule has 0 heteroatoms. The van der Waals surface area contributed by atoms with Crippen molar-refractivity contribution in [3.05, 3.63) is 0 Å². The van der Waals surface area contributed by atoms with E-state index in [0.29, 0.717) is 0 Å². The molecule has 0 aromatic carbocycles. The second-order valence-electron chi connectivity index (χ2n) is 6.11. The molecule has 0 saturated carbocycles. The Morgan fingerprint density at radius 1 is 0.588 bits per heavy atom. The minimum Gasteiger partial charge on any atom is -0.0654 e. The van der Waals surface area contributed by atoms with Crippen LogP contribution in [0.25, 0.3) is 0 Å². The third kappa shape index (κ3) is 12.2. The van der Waals surface area contributed by atoms with Crippen LogP contribution in [0.4, 0.5) is 0 Å². The van der Waals surface area contributed by atoms with Gasteiger partial charge >= 0.3 is 0 Å². The lowest BCUT2D eigenvalue weighted by molar-refractivity contribution is 0.414. The van der Waals surface area contributed by atoms with Gasteiger partial charge in [-0.2, -0.15) is 0 Å². The number of unbranched alkanes of at least 4 members (excludes halogenated alkanes) is 5. The van der Waals surface area contributed by atoms with Crippen LogP contribution in [-0.2, 0) is 0 Å². The molecule has 0 aliphatic carbocycles. The molecule has 0 radical (unpaired) electrons. The highest BCUT2D eigenvalue weighted by atomic mass is 14.1. The van der Waals surface area contributed by atoms with Gasteiger partial charge in [-0.3, -0.25) is 0 Å². The molecule has 0 spiro atoms. The largest absolute Gasteiger partial charge is 0.0654 e. The van der Waals surface area contributed by atoms with Gasteiger partial charge in [0.25, 0.3) is 0 Å². The lowest BCUT2D eigenvalue weighted by Crippen LogP contribution is -1.97. The molecule has 2 unspecified atom stereocenters. The zero-order chi connectivity index (χ0) is 12.9. The molecule has 0 nitrogen and oxygen atoms in total. The first kappa shape index (κ1) is 17.0. The summed E-state index contributed by atoms with van der Waals surface area (Å²) in [5.74, 6) is 1.91. The molecule has 17 heavy (non-hydrogen) atoms. The fraction of sp³-hybridized carbons (Fsp3) is 1.00. The predicted molar refractivity (Wildman–Crippen MR) is 80.5 cm³/mol. The summed E-state index contributed by atoms with van der Waals surface area (Å²) in [4.78, 5) is 0. The van der Waals surface area contributed by atoms with Crippen LogP contribution in [0.5, 0.6) is 0 Å². The second kappa shape index (κ2) is 12.5. The normalized spacial score (nSPS) is 14.8. The van der Waals surface area contributed by atoms with Crippen molar-refractivity contribution in [2.75, 3.05) is 0 Å². The molecular formula is C17H36. The lowest BCUT2D eigenvalue weighted by Gasteiger charge is -2.12. The smallest absolute Gasteiger partial charge is 0.0443 e. The average Bonchev–Trinajstić information content (AvgIpc) is 2.34. The van der Waals surface area contributed by atoms with Crippen LogP contribution < -0.4 is 0 Å². The van der Waals surface area contributed by atoms with Gasteiger partial charge in [0.15, 0.2) is 0 Å². The van der Waals surface area contributed by atoms with Crippen molar-refractivity contribution in [2.45, 2.75) is 98.3 Å². The summed E-state index contributed by atoms with van der Waals surface area (Å²) in [6.07, 6.45) is 15.8. The maximum atomic E-state index is 2.45. The molecule has 0 aliphatic heterocycles. The molecule has 0 heterocycles. The SMILES string of the molecule is CCCCCCCC(C)CCCCC(C)CC. The minimum absolute atomic E-state index is 0.944. The molecule has 0 saturated heterocycles. The minimum atomic E-state index is 0.944. The summed E-state index contributed by atoms with van der Waals surface area (Å²) in [6, 6.07) is 0. The Labute approximate surface area is 111 Å². The molecule has 2 atom stereocenters. The summed E-state index contributed by atoms with van der Waals surface area (Å²) in [6.45, 7) is 9.43. The van der Waals surface area contributed by atoms with E-state index in [0.717, 1.165) is 11.8 Å². The van der Waals surface area contributed by atoms with Crippen LogP contribution in [-0.4, -0.2) is 0 Å². The van der Waals surface area contributed by atoms with Gasteiger partial charge in [0.1, 0.15) is 0 Å². The zero-order valence-corrected chi connectivity index (χ0v) is 12.9. The first-order chi connectivity index (χ1) is 8.20. The molecule has 0 N–H and O–H groups in total. The van der Waals surface area contributed by atoms with Gasteiger partial charge in [-0.15, -0.1) is 0 Å². The van der Waals surface area contributed by atoms with E-state index in [9.17, 15) is 0 Å². The zero-order valence-electron chi connectivity index (χ0n) is 12.9. The number of rotatable bonds is 12. The van der Waals surface area contributed by atoms with Crippen LogP contribution in [0.1, 0.15) is 98.3 Å². The highest BCUT2D eigenvalue weighted by Gasteiger charge is 2.03. The molecule has 0 rings (SSSR count). The van der Waals surface area contributed by atoms with Gasteiger partial charge in [0, 0.05) is 0 Å². The van der Waals surface area contributed by atoms with Gasteiger partial charge in [0.2, 0.25) is 0 Å². The van der Waals surface area contributed by atoms with E-state index in [4.69, 9.17) is 0 Å². The average molecular weight is 240 g/mol. The fourth-order valence-corrected chi connectivity index (χ4v) is 2.43. The first-order valence-electron chi connectivity index (χ1n) is 8.20. The van der Waals surface area contributed by atoms with Crippen LogP contribution >= 0.6 is 0 Å². The molecule has 104 valence electrons. The molecule has 0 aromatic rings. The molecule has 0 aromatic heterocycles. The lowest BCUT2D eigenvalue weighted by atomic mass is 9.94. The monoisotopic (exact) mass is 240 g/mol. The third-order valence-corrected chi connectivity index (χ3v) is 4.14. The van der Waals surface area contributed by atoms with Gasteiger partial charge < -0.3 is 0 Å². The fourth-order valence-electron chi connectivity index (χ4n) is 2.43. The Balaban J connectivity index is 3.20. The van der Waals surface area contributed by atoms with Crippen molar-refractivity contribution < 1.29 is 0 Å². The van der Waals surface area contributed by atoms with Crippen molar-refractivity contribution in [3.63, 3.8) is 0 Å². The number of hydrogen-bond acceptors (Lipinski definition) is 0. The van der Waals surface area contributed by atoms with Crippen molar-refractivity contribution in [3.8, 4) is 0 Å². The van der Waals surface area contributed by atoms with Crippen LogP contribution in [0.15, 0.2) is 0 Å². The van der Waals surface area contributed by atoms with E-state index >= 15 is 0 Å². The van der Waals surface area contributed by atoms with Crippen LogP contribution in [0, 0.1) is 11.8 Å². The molecule has 0 bridgehead atoms. The van der Waals surface area contributed by atoms with Gasteiger partial charge in [-0.05, 0) is 11.8 Å². The topological polar surface area (TPSA) is 0 Å². The summed E-state index contributed by atoms with van der Waals surface area (Å²) >= 11 is 0. The first-order valence-corrected chi connectivity index (χ1v) is 8.20. The maximum Gasteiger partial charge on any atom is -0.0443 e. The Hall–Kier alpha value is 0. The van der Waals surface area contributed by atoms with Crippen molar-refractivity contribution in [2.24, 2.45) is 11.8 Å². The highest BCUT2D eigenvalue weighted by Crippen LogP contribution is 2.19. The molecule has 0 fully saturated rings. The Bertz CT molecular complexity index is 139. The quantitative estimate of drug-likeness (QED) is 0.338. The van der Waals surface area contributed by atoms with Gasteiger partial charge in [-0.1, -0.05) is 98.3 Å². The van der Waals surface area contributed by atoms with E-state index in [1.54, 1.807) is 0 Å². The highest BCUT2D eigenvalue weighted by molar-refractivity contribution is 4.57. The van der Waals surface area contributed by atoms with Gasteiger partial charge in [-0.25, -0.2) is 0 Å². The Morgan fingerprint density at radius 3 is 1.59 bits per heavy atom. The maximum absolute atomic E-state index is 2.45. The Morgan fingerprint density at radius 2 is 1.06 bits per heavy atom. The summed E-state index contributed by atoms with van der Waals surface area (Å²) < 4.78 is 0. The second-order valence-corrected chi connectivity index (χ2v) is 6.11. The predicted octanol–water partition coefficient (Wildman–Crippen LogP) is 6.59. The van der Waals surface area contributed by atoms with Crippen molar-refractivity contribution in [1.29, 1.82) is 0 Å². The number of hydrogen-bond donors (Lipinski definition) is 0. The van der Waals surface area contributed by atoms with E-state index in [1.807, 2.05) is 0 Å². The molecule has 0 aliphatic rings. The Kier molecular flexibility index (Phi) is 12.5. The molecular weight excluding hydrogens is 204 g/mol. The van der Waals surface area contributed by atoms with E-state index in [1.165, 1.54) is 70.6 Å². The van der Waals surface area contributed by atoms with E-state index in [-0.39, 0.29) is 0 Å². The summed E-state index contributed by atoms with van der Waals surface area (Å²) in [5.41, 5.74) is 0. The van der Waals surface area contributed by atoms with E-state index in [2.05, 4.69) is 27.7 Å². The van der Waals surface area contributed by atoms with E-state index < -0.39 is 0 Å². The van der Waals surface area contributed by atoms with Gasteiger partial charge in [0.05, 0.1) is 0 Å². The van der Waals surface area contributed by atoms with Crippen molar-refractivity contribution >= 4 is 0 Å². The van der Waals surface area contributed by atoms with Crippen molar-refractivity contribution in [1.82, 2.24) is 0 Å². The third-order valence-electron chi connectivity index (χ3n) is 4.14.